The van der Waals surface area contributed by atoms with E-state index in [-0.39, 0.29) is 11.5 Å². The fourth-order valence-electron chi connectivity index (χ4n) is 1.85. The van der Waals surface area contributed by atoms with Crippen LogP contribution in [-0.2, 0) is 0 Å². The summed E-state index contributed by atoms with van der Waals surface area (Å²) in [7, 11) is 0. The molecular weight excluding hydrogens is 245 g/mol. The van der Waals surface area contributed by atoms with Gasteiger partial charge in [0.2, 0.25) is 0 Å². The third-order valence-electron chi connectivity index (χ3n) is 2.74. The Labute approximate surface area is 108 Å². The lowest BCUT2D eigenvalue weighted by Crippen LogP contribution is -1.90. The van der Waals surface area contributed by atoms with Crippen molar-refractivity contribution in [3.63, 3.8) is 0 Å². The van der Waals surface area contributed by atoms with E-state index in [4.69, 9.17) is 4.74 Å². The Morgan fingerprint density at radius 1 is 1.00 bits per heavy atom. The molecule has 0 unspecified atom stereocenters. The molecule has 0 radical (unpaired) electrons. The number of hydrogen-bond donors (Lipinski definition) is 1. The summed E-state index contributed by atoms with van der Waals surface area (Å²) < 4.78 is 19.1. The maximum atomic E-state index is 13.6. The zero-order valence-electron chi connectivity index (χ0n) is 9.88. The second-order valence-electron chi connectivity index (χ2n) is 4.04. The van der Waals surface area contributed by atoms with Crippen LogP contribution in [0.4, 0.5) is 4.39 Å². The van der Waals surface area contributed by atoms with Crippen LogP contribution in [0.2, 0.25) is 0 Å². The maximum absolute atomic E-state index is 13.6. The Hall–Kier alpha value is -2.62. The zero-order chi connectivity index (χ0) is 13.2. The molecule has 94 valence electrons. The minimum absolute atomic E-state index is 0.128. The van der Waals surface area contributed by atoms with E-state index in [1.54, 1.807) is 36.5 Å². The van der Waals surface area contributed by atoms with Gasteiger partial charge in [0.1, 0.15) is 11.5 Å². The molecule has 1 aromatic heterocycles. The van der Waals surface area contributed by atoms with E-state index in [2.05, 4.69) is 4.98 Å². The number of ether oxygens (including phenoxy) is 1. The summed E-state index contributed by atoms with van der Waals surface area (Å²) in [6.07, 6.45) is 1.55. The average Bonchev–Trinajstić information content (AvgIpc) is 2.41. The van der Waals surface area contributed by atoms with E-state index in [0.29, 0.717) is 16.7 Å². The number of fused-ring (bicyclic) bond motifs is 1. The van der Waals surface area contributed by atoms with Crippen LogP contribution in [-0.4, -0.2) is 10.1 Å². The monoisotopic (exact) mass is 255 g/mol. The summed E-state index contributed by atoms with van der Waals surface area (Å²) in [5, 5.41) is 10.1. The predicted molar refractivity (Wildman–Crippen MR) is 69.9 cm³/mol. The lowest BCUT2D eigenvalue weighted by molar-refractivity contribution is 0.446. The molecule has 0 aliphatic rings. The standard InChI is InChI=1S/C15H10FNO2/c16-12-3-1-2-4-15(12)19-14-7-8-17-13-9-10(18)5-6-11(13)14/h1-9,18H. The molecule has 19 heavy (non-hydrogen) atoms. The lowest BCUT2D eigenvalue weighted by atomic mass is 10.2. The second kappa shape index (κ2) is 4.57. The van der Waals surface area contributed by atoms with Gasteiger partial charge in [-0.3, -0.25) is 4.98 Å². The Morgan fingerprint density at radius 3 is 2.68 bits per heavy atom. The molecule has 2 aromatic carbocycles. The van der Waals surface area contributed by atoms with Crippen molar-refractivity contribution < 1.29 is 14.2 Å². The smallest absolute Gasteiger partial charge is 0.165 e. The number of nitrogens with zero attached hydrogens (tertiary/aromatic N) is 1. The van der Waals surface area contributed by atoms with Crippen molar-refractivity contribution in [1.82, 2.24) is 4.98 Å². The van der Waals surface area contributed by atoms with Crippen LogP contribution in [0.5, 0.6) is 17.2 Å². The minimum atomic E-state index is -0.425. The number of halogens is 1. The highest BCUT2D eigenvalue weighted by Crippen LogP contribution is 2.31. The first-order valence-corrected chi connectivity index (χ1v) is 5.74. The molecule has 0 bridgehead atoms. The molecule has 0 amide bonds. The number of pyridine rings is 1. The van der Waals surface area contributed by atoms with Crippen molar-refractivity contribution in [3.05, 3.63) is 60.5 Å². The highest BCUT2D eigenvalue weighted by atomic mass is 19.1. The van der Waals surface area contributed by atoms with Crippen LogP contribution in [0.3, 0.4) is 0 Å². The van der Waals surface area contributed by atoms with Gasteiger partial charge < -0.3 is 9.84 Å². The largest absolute Gasteiger partial charge is 0.508 e. The summed E-state index contributed by atoms with van der Waals surface area (Å²) in [4.78, 5) is 4.13. The van der Waals surface area contributed by atoms with Crippen LogP contribution in [0.15, 0.2) is 54.7 Å². The molecule has 3 aromatic rings. The van der Waals surface area contributed by atoms with Gasteiger partial charge in [-0.2, -0.15) is 0 Å². The van der Waals surface area contributed by atoms with Crippen LogP contribution < -0.4 is 4.74 Å². The molecule has 1 N–H and O–H groups in total. The van der Waals surface area contributed by atoms with Gasteiger partial charge in [-0.1, -0.05) is 12.1 Å². The molecule has 3 nitrogen and oxygen atoms in total. The molecule has 1 heterocycles. The Morgan fingerprint density at radius 2 is 1.84 bits per heavy atom. The maximum Gasteiger partial charge on any atom is 0.165 e. The third kappa shape index (κ3) is 2.20. The quantitative estimate of drug-likeness (QED) is 0.755. The summed E-state index contributed by atoms with van der Waals surface area (Å²) in [6.45, 7) is 0. The van der Waals surface area contributed by atoms with E-state index < -0.39 is 5.82 Å². The first-order valence-electron chi connectivity index (χ1n) is 5.74. The van der Waals surface area contributed by atoms with Gasteiger partial charge in [0.25, 0.3) is 0 Å². The Kier molecular flexibility index (Phi) is 2.76. The Bertz CT molecular complexity index is 743. The van der Waals surface area contributed by atoms with Gasteiger partial charge in [-0.25, -0.2) is 4.39 Å². The number of aromatic hydroxyl groups is 1. The number of phenolic OH excluding ortho intramolecular Hbond substituents is 1. The summed E-state index contributed by atoms with van der Waals surface area (Å²) in [6, 6.07) is 12.6. The molecule has 4 heteroatoms. The van der Waals surface area contributed by atoms with E-state index in [0.717, 1.165) is 0 Å². The number of phenols is 1. The molecule has 0 atom stereocenters. The van der Waals surface area contributed by atoms with Gasteiger partial charge in [0, 0.05) is 17.6 Å². The molecule has 0 aliphatic heterocycles. The lowest BCUT2D eigenvalue weighted by Gasteiger charge is -2.09. The van der Waals surface area contributed by atoms with Gasteiger partial charge in [-0.15, -0.1) is 0 Å². The second-order valence-corrected chi connectivity index (χ2v) is 4.04. The van der Waals surface area contributed by atoms with Crippen molar-refractivity contribution in [2.24, 2.45) is 0 Å². The molecule has 0 saturated heterocycles. The predicted octanol–water partition coefficient (Wildman–Crippen LogP) is 3.87. The van der Waals surface area contributed by atoms with Crippen molar-refractivity contribution in [3.8, 4) is 17.2 Å². The Balaban J connectivity index is 2.09. The number of benzene rings is 2. The fraction of sp³-hybridized carbons (Fsp3) is 0. The minimum Gasteiger partial charge on any atom is -0.508 e. The third-order valence-corrected chi connectivity index (χ3v) is 2.74. The SMILES string of the molecule is Oc1ccc2c(Oc3ccccc3F)ccnc2c1. The van der Waals surface area contributed by atoms with E-state index in [1.165, 1.54) is 18.2 Å². The zero-order valence-corrected chi connectivity index (χ0v) is 9.88. The fourth-order valence-corrected chi connectivity index (χ4v) is 1.85. The number of aromatic nitrogens is 1. The van der Waals surface area contributed by atoms with Gasteiger partial charge >= 0.3 is 0 Å². The van der Waals surface area contributed by atoms with Gasteiger partial charge in [0.15, 0.2) is 11.6 Å². The van der Waals surface area contributed by atoms with Crippen molar-refractivity contribution in [1.29, 1.82) is 0 Å². The molecule has 0 fully saturated rings. The summed E-state index contributed by atoms with van der Waals surface area (Å²) in [5.41, 5.74) is 0.592. The molecular formula is C15H10FNO2. The highest BCUT2D eigenvalue weighted by molar-refractivity contribution is 5.86. The molecule has 3 rings (SSSR count). The topological polar surface area (TPSA) is 42.4 Å². The molecule has 0 aliphatic carbocycles. The van der Waals surface area contributed by atoms with Crippen LogP contribution in [0.25, 0.3) is 10.9 Å². The molecule has 0 saturated carbocycles. The number of para-hydroxylation sites is 1. The average molecular weight is 255 g/mol. The van der Waals surface area contributed by atoms with Crippen molar-refractivity contribution in [2.75, 3.05) is 0 Å². The summed E-state index contributed by atoms with van der Waals surface area (Å²) in [5.74, 6) is 0.354. The molecule has 0 spiro atoms. The van der Waals surface area contributed by atoms with Crippen LogP contribution in [0.1, 0.15) is 0 Å². The van der Waals surface area contributed by atoms with Gasteiger partial charge in [0.05, 0.1) is 5.52 Å². The van der Waals surface area contributed by atoms with Crippen molar-refractivity contribution in [2.45, 2.75) is 0 Å². The number of hydrogen-bond acceptors (Lipinski definition) is 3. The first kappa shape index (κ1) is 11.5. The van der Waals surface area contributed by atoms with Crippen molar-refractivity contribution >= 4 is 10.9 Å². The highest BCUT2D eigenvalue weighted by Gasteiger charge is 2.07. The van der Waals surface area contributed by atoms with Crippen LogP contribution >= 0.6 is 0 Å². The summed E-state index contributed by atoms with van der Waals surface area (Å²) >= 11 is 0. The van der Waals surface area contributed by atoms with E-state index in [1.807, 2.05) is 0 Å². The number of rotatable bonds is 2. The van der Waals surface area contributed by atoms with Gasteiger partial charge in [-0.05, 0) is 30.3 Å². The van der Waals surface area contributed by atoms with Crippen LogP contribution in [0, 0.1) is 5.82 Å². The van der Waals surface area contributed by atoms with E-state index in [9.17, 15) is 9.50 Å². The first-order chi connectivity index (χ1) is 9.24. The normalized spacial score (nSPS) is 10.6. The van der Waals surface area contributed by atoms with E-state index >= 15 is 0 Å².